The van der Waals surface area contributed by atoms with Crippen molar-refractivity contribution >= 4 is 5.97 Å². The SMILES string of the molecule is C=C(CCO)C(=O)OCCCc1ccc(-c2ccc(CCCCC)cc2)cc1. The lowest BCUT2D eigenvalue weighted by atomic mass is 9.99. The number of carbonyl (C=O) groups excluding carboxylic acids is 1. The lowest BCUT2D eigenvalue weighted by molar-refractivity contribution is -0.139. The lowest BCUT2D eigenvalue weighted by Gasteiger charge is -2.08. The van der Waals surface area contributed by atoms with Crippen LogP contribution in [0.1, 0.15) is 50.2 Å². The molecule has 0 amide bonds. The van der Waals surface area contributed by atoms with Crippen molar-refractivity contribution in [3.8, 4) is 11.1 Å². The molecular weight excluding hydrogens is 348 g/mol. The van der Waals surface area contributed by atoms with Crippen LogP contribution in [0.4, 0.5) is 0 Å². The molecule has 0 spiro atoms. The van der Waals surface area contributed by atoms with Crippen molar-refractivity contribution in [1.82, 2.24) is 0 Å². The van der Waals surface area contributed by atoms with Gasteiger partial charge in [0.1, 0.15) is 0 Å². The zero-order valence-electron chi connectivity index (χ0n) is 17.0. The monoisotopic (exact) mass is 380 g/mol. The Morgan fingerprint density at radius 1 is 0.893 bits per heavy atom. The molecule has 2 aromatic carbocycles. The Hall–Kier alpha value is -2.39. The second kappa shape index (κ2) is 12.1. The number of aliphatic hydroxyl groups excluding tert-OH is 1. The van der Waals surface area contributed by atoms with Gasteiger partial charge in [-0.3, -0.25) is 0 Å². The minimum absolute atomic E-state index is 0.0815. The molecule has 0 aliphatic carbocycles. The smallest absolute Gasteiger partial charge is 0.333 e. The van der Waals surface area contributed by atoms with E-state index in [0.717, 1.165) is 19.3 Å². The average molecular weight is 381 g/mol. The van der Waals surface area contributed by atoms with Gasteiger partial charge in [0, 0.05) is 18.6 Å². The first-order valence-corrected chi connectivity index (χ1v) is 10.3. The van der Waals surface area contributed by atoms with Crippen molar-refractivity contribution in [1.29, 1.82) is 0 Å². The summed E-state index contributed by atoms with van der Waals surface area (Å²) in [7, 11) is 0. The minimum Gasteiger partial charge on any atom is -0.462 e. The van der Waals surface area contributed by atoms with Crippen molar-refractivity contribution in [2.45, 2.75) is 51.9 Å². The van der Waals surface area contributed by atoms with Crippen molar-refractivity contribution in [2.75, 3.05) is 13.2 Å². The Kier molecular flexibility index (Phi) is 9.50. The summed E-state index contributed by atoms with van der Waals surface area (Å²) in [4.78, 5) is 11.6. The third-order valence-corrected chi connectivity index (χ3v) is 4.86. The lowest BCUT2D eigenvalue weighted by Crippen LogP contribution is -2.09. The van der Waals surface area contributed by atoms with Gasteiger partial charge in [0.2, 0.25) is 0 Å². The number of benzene rings is 2. The van der Waals surface area contributed by atoms with Crippen molar-refractivity contribution in [2.24, 2.45) is 0 Å². The number of unbranched alkanes of at least 4 members (excludes halogenated alkanes) is 2. The molecule has 0 heterocycles. The molecular formula is C25H32O3. The van der Waals surface area contributed by atoms with Gasteiger partial charge in [0.25, 0.3) is 0 Å². The number of hydrogen-bond donors (Lipinski definition) is 1. The van der Waals surface area contributed by atoms with E-state index in [9.17, 15) is 4.79 Å². The molecule has 0 saturated carbocycles. The third-order valence-electron chi connectivity index (χ3n) is 4.86. The Morgan fingerprint density at radius 2 is 1.43 bits per heavy atom. The summed E-state index contributed by atoms with van der Waals surface area (Å²) in [5.41, 5.74) is 5.41. The fourth-order valence-electron chi connectivity index (χ4n) is 3.09. The van der Waals surface area contributed by atoms with E-state index in [-0.39, 0.29) is 13.0 Å². The zero-order chi connectivity index (χ0) is 20.2. The highest BCUT2D eigenvalue weighted by Crippen LogP contribution is 2.21. The minimum atomic E-state index is -0.414. The van der Waals surface area contributed by atoms with Crippen LogP contribution in [0.15, 0.2) is 60.7 Å². The molecule has 3 heteroatoms. The van der Waals surface area contributed by atoms with E-state index in [4.69, 9.17) is 9.84 Å². The molecule has 3 nitrogen and oxygen atoms in total. The van der Waals surface area contributed by atoms with Gasteiger partial charge in [-0.2, -0.15) is 0 Å². The van der Waals surface area contributed by atoms with Gasteiger partial charge in [-0.15, -0.1) is 0 Å². The number of aliphatic hydroxyl groups is 1. The van der Waals surface area contributed by atoms with Gasteiger partial charge in [0.05, 0.1) is 6.61 Å². The van der Waals surface area contributed by atoms with Crippen molar-refractivity contribution < 1.29 is 14.6 Å². The van der Waals surface area contributed by atoms with E-state index >= 15 is 0 Å². The van der Waals surface area contributed by atoms with E-state index in [2.05, 4.69) is 62.0 Å². The Bertz CT molecular complexity index is 729. The largest absolute Gasteiger partial charge is 0.462 e. The topological polar surface area (TPSA) is 46.5 Å². The average Bonchev–Trinajstić information content (AvgIpc) is 2.72. The first-order chi connectivity index (χ1) is 13.6. The molecule has 0 aliphatic heterocycles. The Morgan fingerprint density at radius 3 is 1.93 bits per heavy atom. The third kappa shape index (κ3) is 7.32. The van der Waals surface area contributed by atoms with Gasteiger partial charge in [0.15, 0.2) is 0 Å². The number of carbonyl (C=O) groups is 1. The van der Waals surface area contributed by atoms with E-state index < -0.39 is 5.97 Å². The van der Waals surface area contributed by atoms with Crippen LogP contribution in [0.25, 0.3) is 11.1 Å². The van der Waals surface area contributed by atoms with Crippen molar-refractivity contribution in [3.05, 3.63) is 71.8 Å². The fourth-order valence-corrected chi connectivity index (χ4v) is 3.09. The molecule has 0 unspecified atom stereocenters. The standard InChI is InChI=1S/C25H32O3/c1-3-4-5-7-21-9-13-23(14-10-21)24-15-11-22(12-16-24)8-6-19-28-25(27)20(2)17-18-26/h9-16,26H,2-8,17-19H2,1H3. The van der Waals surface area contributed by atoms with Gasteiger partial charge in [-0.05, 0) is 47.9 Å². The number of rotatable bonds is 12. The van der Waals surface area contributed by atoms with Gasteiger partial charge < -0.3 is 9.84 Å². The van der Waals surface area contributed by atoms with Crippen LogP contribution < -0.4 is 0 Å². The molecule has 2 rings (SSSR count). The number of hydrogen-bond acceptors (Lipinski definition) is 3. The summed E-state index contributed by atoms with van der Waals surface area (Å²) >= 11 is 0. The van der Waals surface area contributed by atoms with Gasteiger partial charge >= 0.3 is 5.97 Å². The summed E-state index contributed by atoms with van der Waals surface area (Å²) in [5.74, 6) is -0.414. The summed E-state index contributed by atoms with van der Waals surface area (Å²) in [6.45, 7) is 6.12. The highest BCUT2D eigenvalue weighted by atomic mass is 16.5. The molecule has 1 N–H and O–H groups in total. The molecule has 150 valence electrons. The number of aryl methyl sites for hydroxylation is 2. The highest BCUT2D eigenvalue weighted by Gasteiger charge is 2.07. The maximum atomic E-state index is 11.6. The van der Waals surface area contributed by atoms with Crippen LogP contribution >= 0.6 is 0 Å². The molecule has 0 aliphatic rings. The van der Waals surface area contributed by atoms with Crippen LogP contribution in [0.3, 0.4) is 0 Å². The normalized spacial score (nSPS) is 10.6. The Balaban J connectivity index is 1.78. The Labute approximate surface area is 169 Å². The summed E-state index contributed by atoms with van der Waals surface area (Å²) < 4.78 is 5.17. The van der Waals surface area contributed by atoms with Crippen LogP contribution in [-0.2, 0) is 22.4 Å². The second-order valence-electron chi connectivity index (χ2n) is 7.17. The molecule has 28 heavy (non-hydrogen) atoms. The van der Waals surface area contributed by atoms with Crippen molar-refractivity contribution in [3.63, 3.8) is 0 Å². The summed E-state index contributed by atoms with van der Waals surface area (Å²) in [6.07, 6.45) is 6.85. The summed E-state index contributed by atoms with van der Waals surface area (Å²) in [5, 5.41) is 8.80. The molecule has 0 radical (unpaired) electrons. The maximum absolute atomic E-state index is 11.6. The molecule has 0 bridgehead atoms. The van der Waals surface area contributed by atoms with E-state index in [0.29, 0.717) is 12.2 Å². The quantitative estimate of drug-likeness (QED) is 0.300. The van der Waals surface area contributed by atoms with Gasteiger partial charge in [-0.1, -0.05) is 74.9 Å². The fraction of sp³-hybridized carbons (Fsp3) is 0.400. The molecule has 2 aromatic rings. The maximum Gasteiger partial charge on any atom is 0.333 e. The van der Waals surface area contributed by atoms with E-state index in [1.54, 1.807) is 0 Å². The van der Waals surface area contributed by atoms with Crippen LogP contribution in [-0.4, -0.2) is 24.3 Å². The van der Waals surface area contributed by atoms with Gasteiger partial charge in [-0.25, -0.2) is 4.79 Å². The predicted octanol–water partition coefficient (Wildman–Crippen LogP) is 5.50. The van der Waals surface area contributed by atoms with E-state index in [1.165, 1.54) is 41.5 Å². The first kappa shape index (κ1) is 21.9. The van der Waals surface area contributed by atoms with Crippen LogP contribution in [0.5, 0.6) is 0 Å². The number of esters is 1. The highest BCUT2D eigenvalue weighted by molar-refractivity contribution is 5.87. The number of ether oxygens (including phenoxy) is 1. The van der Waals surface area contributed by atoms with E-state index in [1.807, 2.05) is 0 Å². The molecule has 0 aromatic heterocycles. The molecule has 0 saturated heterocycles. The van der Waals surface area contributed by atoms with Crippen LogP contribution in [0.2, 0.25) is 0 Å². The second-order valence-corrected chi connectivity index (χ2v) is 7.17. The predicted molar refractivity (Wildman–Crippen MR) is 115 cm³/mol. The molecule has 0 fully saturated rings. The first-order valence-electron chi connectivity index (χ1n) is 10.3. The molecule has 0 atom stereocenters. The van der Waals surface area contributed by atoms with Crippen LogP contribution in [0, 0.1) is 0 Å². The summed E-state index contributed by atoms with van der Waals surface area (Å²) in [6, 6.07) is 17.4. The zero-order valence-corrected chi connectivity index (χ0v) is 17.0.